The molecule has 0 unspecified atom stereocenters. The van der Waals surface area contributed by atoms with Crippen molar-refractivity contribution in [3.05, 3.63) is 89.0 Å². The lowest BCUT2D eigenvalue weighted by atomic mass is 9.98. The van der Waals surface area contributed by atoms with Crippen molar-refractivity contribution in [3.63, 3.8) is 0 Å². The molecule has 36 heavy (non-hydrogen) atoms. The first-order chi connectivity index (χ1) is 17.5. The molecule has 1 saturated heterocycles. The van der Waals surface area contributed by atoms with Crippen LogP contribution in [0.1, 0.15) is 47.8 Å². The molecule has 6 nitrogen and oxygen atoms in total. The van der Waals surface area contributed by atoms with Crippen LogP contribution in [0.25, 0.3) is 11.0 Å². The SMILES string of the molecule is Cc1cccc(C)c1NC(=O)N1[C@@H]2CC[C@@H](C2)[C@H]1c1nc2c(OCc3ccc(F)cc3)cccc2[nH]1. The van der Waals surface area contributed by atoms with Crippen molar-refractivity contribution in [2.24, 2.45) is 5.92 Å². The van der Waals surface area contributed by atoms with Gasteiger partial charge in [0.1, 0.15) is 29.5 Å². The topological polar surface area (TPSA) is 70.2 Å². The molecule has 2 amide bonds. The molecular formula is C29H29FN4O2. The van der Waals surface area contributed by atoms with Crippen LogP contribution in [-0.4, -0.2) is 26.9 Å². The second-order valence-corrected chi connectivity index (χ2v) is 9.97. The summed E-state index contributed by atoms with van der Waals surface area (Å²) in [6.45, 7) is 4.35. The van der Waals surface area contributed by atoms with Crippen molar-refractivity contribution in [1.82, 2.24) is 14.9 Å². The number of H-pyrrole nitrogens is 1. The number of urea groups is 1. The Bertz CT molecular complexity index is 1410. The molecule has 2 aliphatic rings. The minimum absolute atomic E-state index is 0.0714. The Balaban J connectivity index is 1.28. The molecule has 1 aromatic heterocycles. The molecule has 6 rings (SSSR count). The molecule has 2 heterocycles. The molecule has 2 bridgehead atoms. The fourth-order valence-corrected chi connectivity index (χ4v) is 5.84. The minimum atomic E-state index is -0.269. The molecule has 1 saturated carbocycles. The number of rotatable bonds is 5. The number of fused-ring (bicyclic) bond motifs is 3. The number of aromatic nitrogens is 2. The fourth-order valence-electron chi connectivity index (χ4n) is 5.84. The summed E-state index contributed by atoms with van der Waals surface area (Å²) in [7, 11) is 0. The molecular weight excluding hydrogens is 455 g/mol. The summed E-state index contributed by atoms with van der Waals surface area (Å²) in [5.41, 5.74) is 5.48. The molecule has 2 N–H and O–H groups in total. The average Bonchev–Trinajstić information content (AvgIpc) is 3.60. The molecule has 2 fully saturated rings. The molecule has 1 aliphatic carbocycles. The van der Waals surface area contributed by atoms with E-state index in [9.17, 15) is 9.18 Å². The summed E-state index contributed by atoms with van der Waals surface area (Å²) in [5.74, 6) is 1.57. The summed E-state index contributed by atoms with van der Waals surface area (Å²) in [6, 6.07) is 18.2. The van der Waals surface area contributed by atoms with Gasteiger partial charge >= 0.3 is 6.03 Å². The standard InChI is InChI=1S/C29H29FN4O2/c1-17-5-3-6-18(2)25(17)33-29(35)34-22-14-11-20(15-22)27(34)28-31-23-7-4-8-24(26(23)32-28)36-16-19-9-12-21(30)13-10-19/h3-10,12-13,20,22,27H,11,14-16H2,1-2H3,(H,31,32)(H,33,35)/t20-,22+,27-/m0/s1. The van der Waals surface area contributed by atoms with Crippen molar-refractivity contribution in [2.75, 3.05) is 5.32 Å². The third kappa shape index (κ3) is 3.98. The number of piperidine rings is 1. The molecule has 3 aromatic carbocycles. The van der Waals surface area contributed by atoms with Crippen molar-refractivity contribution >= 4 is 22.8 Å². The predicted octanol–water partition coefficient (Wildman–Crippen LogP) is 6.66. The Kier molecular flexibility index (Phi) is 5.63. The van der Waals surface area contributed by atoms with E-state index < -0.39 is 0 Å². The largest absolute Gasteiger partial charge is 0.487 e. The van der Waals surface area contributed by atoms with Gasteiger partial charge in [-0.3, -0.25) is 0 Å². The number of hydrogen-bond donors (Lipinski definition) is 2. The highest BCUT2D eigenvalue weighted by atomic mass is 19.1. The van der Waals surface area contributed by atoms with Crippen molar-refractivity contribution in [2.45, 2.75) is 51.8 Å². The van der Waals surface area contributed by atoms with Gasteiger partial charge in [-0.15, -0.1) is 0 Å². The number of ether oxygens (including phenoxy) is 1. The normalized spacial score (nSPS) is 20.8. The average molecular weight is 485 g/mol. The summed E-state index contributed by atoms with van der Waals surface area (Å²) < 4.78 is 19.3. The lowest BCUT2D eigenvalue weighted by Gasteiger charge is -2.34. The number of hydrogen-bond acceptors (Lipinski definition) is 3. The number of carbonyl (C=O) groups is 1. The van der Waals surface area contributed by atoms with Crippen LogP contribution in [0, 0.1) is 25.6 Å². The van der Waals surface area contributed by atoms with Gasteiger partial charge in [0.15, 0.2) is 0 Å². The van der Waals surface area contributed by atoms with Crippen LogP contribution in [0.5, 0.6) is 5.75 Å². The molecule has 184 valence electrons. The van der Waals surface area contributed by atoms with Gasteiger partial charge in [-0.25, -0.2) is 14.2 Å². The zero-order valence-electron chi connectivity index (χ0n) is 20.4. The zero-order valence-corrected chi connectivity index (χ0v) is 20.4. The Hall–Kier alpha value is -3.87. The molecule has 0 spiro atoms. The number of carbonyl (C=O) groups excluding carboxylic acids is 1. The zero-order chi connectivity index (χ0) is 24.8. The quantitative estimate of drug-likeness (QED) is 0.333. The van der Waals surface area contributed by atoms with Gasteiger partial charge in [0.05, 0.1) is 11.6 Å². The van der Waals surface area contributed by atoms with Crippen LogP contribution in [0.2, 0.25) is 0 Å². The number of nitrogens with one attached hydrogen (secondary N) is 2. The van der Waals surface area contributed by atoms with E-state index in [-0.39, 0.29) is 23.9 Å². The van der Waals surface area contributed by atoms with Gasteiger partial charge < -0.3 is 19.9 Å². The number of para-hydroxylation sites is 2. The third-order valence-electron chi connectivity index (χ3n) is 7.61. The van der Waals surface area contributed by atoms with Crippen molar-refractivity contribution < 1.29 is 13.9 Å². The Morgan fingerprint density at radius 3 is 2.61 bits per heavy atom. The van der Waals surface area contributed by atoms with E-state index in [4.69, 9.17) is 9.72 Å². The lowest BCUT2D eigenvalue weighted by Crippen LogP contribution is -2.43. The molecule has 0 radical (unpaired) electrons. The first kappa shape index (κ1) is 22.6. The van der Waals surface area contributed by atoms with Gasteiger partial charge in [0.2, 0.25) is 0 Å². The fraction of sp³-hybridized carbons (Fsp3) is 0.310. The number of aryl methyl sites for hydroxylation is 2. The minimum Gasteiger partial charge on any atom is -0.487 e. The van der Waals surface area contributed by atoms with Crippen LogP contribution in [-0.2, 0) is 6.61 Å². The van der Waals surface area contributed by atoms with Crippen molar-refractivity contribution in [3.8, 4) is 5.75 Å². The van der Waals surface area contributed by atoms with E-state index in [1.165, 1.54) is 12.1 Å². The number of halogens is 1. The molecule has 7 heteroatoms. The Morgan fingerprint density at radius 1 is 1.08 bits per heavy atom. The summed E-state index contributed by atoms with van der Waals surface area (Å²) in [5, 5.41) is 3.19. The third-order valence-corrected chi connectivity index (χ3v) is 7.61. The number of likely N-dealkylation sites (tertiary alicyclic amines) is 1. The van der Waals surface area contributed by atoms with Gasteiger partial charge in [-0.05, 0) is 80.0 Å². The summed E-state index contributed by atoms with van der Waals surface area (Å²) in [6.07, 6.45) is 3.11. The number of amides is 2. The van der Waals surface area contributed by atoms with E-state index >= 15 is 0 Å². The van der Waals surface area contributed by atoms with Crippen LogP contribution in [0.3, 0.4) is 0 Å². The molecule has 4 aromatic rings. The Labute approximate surface area is 209 Å². The maximum Gasteiger partial charge on any atom is 0.322 e. The number of nitrogens with zero attached hydrogens (tertiary/aromatic N) is 2. The van der Waals surface area contributed by atoms with Gasteiger partial charge in [-0.1, -0.05) is 36.4 Å². The van der Waals surface area contributed by atoms with E-state index in [2.05, 4.69) is 10.3 Å². The molecule has 3 atom stereocenters. The predicted molar refractivity (Wildman–Crippen MR) is 137 cm³/mol. The summed E-state index contributed by atoms with van der Waals surface area (Å²) in [4.78, 5) is 24.0. The van der Waals surface area contributed by atoms with Crippen LogP contribution < -0.4 is 10.1 Å². The summed E-state index contributed by atoms with van der Waals surface area (Å²) >= 11 is 0. The number of anilines is 1. The smallest absolute Gasteiger partial charge is 0.322 e. The van der Waals surface area contributed by atoms with Crippen molar-refractivity contribution in [1.29, 1.82) is 0 Å². The Morgan fingerprint density at radius 2 is 1.83 bits per heavy atom. The number of aromatic amines is 1. The maximum atomic E-state index is 13.6. The first-order valence-electron chi connectivity index (χ1n) is 12.5. The highest BCUT2D eigenvalue weighted by Gasteiger charge is 2.50. The van der Waals surface area contributed by atoms with E-state index in [0.29, 0.717) is 18.3 Å². The highest BCUT2D eigenvalue weighted by Crippen LogP contribution is 2.50. The van der Waals surface area contributed by atoms with Crippen LogP contribution in [0.15, 0.2) is 60.7 Å². The number of imidazole rings is 1. The maximum absolute atomic E-state index is 13.6. The van der Waals surface area contributed by atoms with E-state index in [1.807, 2.05) is 55.1 Å². The van der Waals surface area contributed by atoms with E-state index in [0.717, 1.165) is 58.5 Å². The van der Waals surface area contributed by atoms with Gasteiger partial charge in [-0.2, -0.15) is 0 Å². The van der Waals surface area contributed by atoms with Crippen LogP contribution >= 0.6 is 0 Å². The number of benzene rings is 3. The first-order valence-corrected chi connectivity index (χ1v) is 12.5. The van der Waals surface area contributed by atoms with Gasteiger partial charge in [0.25, 0.3) is 0 Å². The van der Waals surface area contributed by atoms with Crippen LogP contribution in [0.4, 0.5) is 14.9 Å². The van der Waals surface area contributed by atoms with E-state index in [1.54, 1.807) is 12.1 Å². The second-order valence-electron chi connectivity index (χ2n) is 9.97. The molecule has 1 aliphatic heterocycles. The second kappa shape index (κ2) is 8.97. The van der Waals surface area contributed by atoms with Gasteiger partial charge in [0, 0.05) is 11.7 Å². The lowest BCUT2D eigenvalue weighted by molar-refractivity contribution is 0.154. The highest BCUT2D eigenvalue weighted by molar-refractivity contribution is 5.92. The monoisotopic (exact) mass is 484 g/mol.